The van der Waals surface area contributed by atoms with Crippen LogP contribution < -0.4 is 0 Å². The van der Waals surface area contributed by atoms with E-state index in [4.69, 9.17) is 5.11 Å². The lowest BCUT2D eigenvalue weighted by Gasteiger charge is -2.01. The number of hydrogen-bond donors (Lipinski definition) is 1. The molecule has 1 aromatic carbocycles. The van der Waals surface area contributed by atoms with Crippen LogP contribution in [0.25, 0.3) is 0 Å². The van der Waals surface area contributed by atoms with Crippen LogP contribution in [0.2, 0.25) is 0 Å². The van der Waals surface area contributed by atoms with Crippen molar-refractivity contribution in [1.29, 1.82) is 0 Å². The zero-order chi connectivity index (χ0) is 10.7. The molecule has 0 aliphatic heterocycles. The smallest absolute Gasteiger partial charge is 0.335 e. The number of aromatic carboxylic acids is 1. The first kappa shape index (κ1) is 10.2. The Morgan fingerprint density at radius 2 is 2.21 bits per heavy atom. The first-order valence-electron chi connectivity index (χ1n) is 3.95. The minimum atomic E-state index is -1.02. The Morgan fingerprint density at radius 3 is 2.64 bits per heavy atom. The Bertz CT molecular complexity index is 386. The number of nitro groups is 1. The Labute approximate surface area is 80.1 Å². The lowest BCUT2D eigenvalue weighted by molar-refractivity contribution is -0.496. The monoisotopic (exact) mass is 195 g/mol. The highest BCUT2D eigenvalue weighted by Gasteiger charge is 2.09. The van der Waals surface area contributed by atoms with Crippen LogP contribution in [0.15, 0.2) is 18.2 Å². The normalized spacial score (nSPS) is 9.79. The van der Waals surface area contributed by atoms with Gasteiger partial charge in [0.2, 0.25) is 6.54 Å². The van der Waals surface area contributed by atoms with Crippen molar-refractivity contribution in [3.63, 3.8) is 0 Å². The molecule has 0 spiro atoms. The SMILES string of the molecule is Cc1cc(C[N+](=O)[O-])ccc1C(=O)O. The molecule has 1 aromatic rings. The average molecular weight is 195 g/mol. The van der Waals surface area contributed by atoms with Gasteiger partial charge in [-0.15, -0.1) is 0 Å². The molecule has 0 unspecified atom stereocenters. The fourth-order valence-corrected chi connectivity index (χ4v) is 1.21. The van der Waals surface area contributed by atoms with Crippen molar-refractivity contribution in [3.05, 3.63) is 45.0 Å². The van der Waals surface area contributed by atoms with Crippen molar-refractivity contribution >= 4 is 5.97 Å². The van der Waals surface area contributed by atoms with Gasteiger partial charge in [-0.25, -0.2) is 4.79 Å². The molecule has 5 heteroatoms. The molecule has 0 aliphatic carbocycles. The number of hydrogen-bond acceptors (Lipinski definition) is 3. The maximum absolute atomic E-state index is 10.6. The summed E-state index contributed by atoms with van der Waals surface area (Å²) in [4.78, 5) is 20.4. The van der Waals surface area contributed by atoms with Crippen LogP contribution in [-0.4, -0.2) is 16.0 Å². The van der Waals surface area contributed by atoms with E-state index in [9.17, 15) is 14.9 Å². The molecule has 74 valence electrons. The van der Waals surface area contributed by atoms with E-state index in [1.54, 1.807) is 6.92 Å². The minimum Gasteiger partial charge on any atom is -0.478 e. The molecule has 0 bridgehead atoms. The number of rotatable bonds is 3. The number of carboxylic acid groups (broad SMARTS) is 1. The van der Waals surface area contributed by atoms with Gasteiger partial charge in [0, 0.05) is 10.5 Å². The fraction of sp³-hybridized carbons (Fsp3) is 0.222. The van der Waals surface area contributed by atoms with E-state index in [1.807, 2.05) is 0 Å². The fourth-order valence-electron chi connectivity index (χ4n) is 1.21. The van der Waals surface area contributed by atoms with Gasteiger partial charge < -0.3 is 5.11 Å². The average Bonchev–Trinajstić information content (AvgIpc) is 2.01. The van der Waals surface area contributed by atoms with Crippen molar-refractivity contribution in [2.45, 2.75) is 13.5 Å². The molecule has 0 aliphatic rings. The summed E-state index contributed by atoms with van der Waals surface area (Å²) >= 11 is 0. The summed E-state index contributed by atoms with van der Waals surface area (Å²) in [5, 5.41) is 18.9. The van der Waals surface area contributed by atoms with E-state index in [2.05, 4.69) is 0 Å². The maximum Gasteiger partial charge on any atom is 0.335 e. The topological polar surface area (TPSA) is 80.4 Å². The third kappa shape index (κ3) is 2.29. The van der Waals surface area contributed by atoms with Gasteiger partial charge in [0.1, 0.15) is 0 Å². The quantitative estimate of drug-likeness (QED) is 0.585. The van der Waals surface area contributed by atoms with Gasteiger partial charge in [-0.3, -0.25) is 10.1 Å². The molecule has 0 atom stereocenters. The first-order chi connectivity index (χ1) is 6.50. The van der Waals surface area contributed by atoms with Gasteiger partial charge in [0.05, 0.1) is 5.56 Å². The van der Waals surface area contributed by atoms with E-state index in [0.29, 0.717) is 11.1 Å². The molecule has 0 fully saturated rings. The number of aryl methyl sites for hydroxylation is 1. The number of carboxylic acids is 1. The van der Waals surface area contributed by atoms with Crippen LogP contribution in [-0.2, 0) is 6.54 Å². The zero-order valence-corrected chi connectivity index (χ0v) is 7.56. The summed E-state index contributed by atoms with van der Waals surface area (Å²) < 4.78 is 0. The highest BCUT2D eigenvalue weighted by molar-refractivity contribution is 5.89. The van der Waals surface area contributed by atoms with Crippen LogP contribution in [0.3, 0.4) is 0 Å². The van der Waals surface area contributed by atoms with Gasteiger partial charge in [-0.1, -0.05) is 6.07 Å². The zero-order valence-electron chi connectivity index (χ0n) is 7.56. The van der Waals surface area contributed by atoms with Crippen molar-refractivity contribution < 1.29 is 14.8 Å². The Balaban J connectivity index is 3.00. The van der Waals surface area contributed by atoms with Crippen LogP contribution in [0.1, 0.15) is 21.5 Å². The number of carbonyl (C=O) groups is 1. The summed E-state index contributed by atoms with van der Waals surface area (Å²) in [5.74, 6) is -1.02. The van der Waals surface area contributed by atoms with Crippen molar-refractivity contribution in [2.75, 3.05) is 0 Å². The lowest BCUT2D eigenvalue weighted by Crippen LogP contribution is -2.03. The number of benzene rings is 1. The maximum atomic E-state index is 10.6. The molecular weight excluding hydrogens is 186 g/mol. The Hall–Kier alpha value is -1.91. The summed E-state index contributed by atoms with van der Waals surface area (Å²) in [6, 6.07) is 4.36. The Kier molecular flexibility index (Phi) is 2.81. The second kappa shape index (κ2) is 3.87. The van der Waals surface area contributed by atoms with E-state index >= 15 is 0 Å². The molecule has 1 N–H and O–H groups in total. The molecule has 5 nitrogen and oxygen atoms in total. The minimum absolute atomic E-state index is 0.178. The number of nitrogens with zero attached hydrogens (tertiary/aromatic N) is 1. The molecule has 0 amide bonds. The molecule has 0 saturated heterocycles. The van der Waals surface area contributed by atoms with E-state index in [1.165, 1.54) is 18.2 Å². The predicted octanol–water partition coefficient (Wildman–Crippen LogP) is 1.47. The second-order valence-electron chi connectivity index (χ2n) is 2.95. The Morgan fingerprint density at radius 1 is 1.57 bits per heavy atom. The van der Waals surface area contributed by atoms with Gasteiger partial charge in [-0.2, -0.15) is 0 Å². The summed E-state index contributed by atoms with van der Waals surface area (Å²) in [6.45, 7) is 1.34. The highest BCUT2D eigenvalue weighted by atomic mass is 16.6. The highest BCUT2D eigenvalue weighted by Crippen LogP contribution is 2.11. The predicted molar refractivity (Wildman–Crippen MR) is 48.8 cm³/mol. The summed E-state index contributed by atoms with van der Waals surface area (Å²) in [5.41, 5.74) is 1.23. The van der Waals surface area contributed by atoms with Gasteiger partial charge in [-0.05, 0) is 24.6 Å². The summed E-state index contributed by atoms with van der Waals surface area (Å²) in [7, 11) is 0. The van der Waals surface area contributed by atoms with Crippen LogP contribution in [0.5, 0.6) is 0 Å². The molecule has 14 heavy (non-hydrogen) atoms. The van der Waals surface area contributed by atoms with E-state index in [-0.39, 0.29) is 12.1 Å². The summed E-state index contributed by atoms with van der Waals surface area (Å²) in [6.07, 6.45) is 0. The van der Waals surface area contributed by atoms with Crippen molar-refractivity contribution in [1.82, 2.24) is 0 Å². The van der Waals surface area contributed by atoms with Crippen LogP contribution in [0, 0.1) is 17.0 Å². The molecule has 0 radical (unpaired) electrons. The first-order valence-corrected chi connectivity index (χ1v) is 3.95. The van der Waals surface area contributed by atoms with Gasteiger partial charge >= 0.3 is 5.97 Å². The van der Waals surface area contributed by atoms with E-state index < -0.39 is 10.9 Å². The van der Waals surface area contributed by atoms with Crippen LogP contribution >= 0.6 is 0 Å². The molecule has 0 saturated carbocycles. The molecule has 0 aromatic heterocycles. The van der Waals surface area contributed by atoms with Crippen LogP contribution in [0.4, 0.5) is 0 Å². The van der Waals surface area contributed by atoms with Gasteiger partial charge in [0.25, 0.3) is 0 Å². The molecular formula is C9H9NO4. The third-order valence-electron chi connectivity index (χ3n) is 1.83. The largest absolute Gasteiger partial charge is 0.478 e. The second-order valence-corrected chi connectivity index (χ2v) is 2.95. The van der Waals surface area contributed by atoms with Gasteiger partial charge in [0.15, 0.2) is 0 Å². The standard InChI is InChI=1S/C9H9NO4/c1-6-4-7(5-10(13)14)2-3-8(6)9(11)12/h2-4H,5H2,1H3,(H,11,12). The molecule has 1 rings (SSSR count). The third-order valence-corrected chi connectivity index (χ3v) is 1.83. The van der Waals surface area contributed by atoms with Crippen molar-refractivity contribution in [3.8, 4) is 0 Å². The van der Waals surface area contributed by atoms with Crippen molar-refractivity contribution in [2.24, 2.45) is 0 Å². The van der Waals surface area contributed by atoms with E-state index in [0.717, 1.165) is 0 Å². The lowest BCUT2D eigenvalue weighted by atomic mass is 10.1. The molecule has 0 heterocycles.